The van der Waals surface area contributed by atoms with Gasteiger partial charge in [0.15, 0.2) is 0 Å². The molecule has 0 saturated carbocycles. The van der Waals surface area contributed by atoms with Gasteiger partial charge in [0.1, 0.15) is 24.2 Å². The molecule has 2 aromatic carbocycles. The zero-order valence-corrected chi connectivity index (χ0v) is 20.4. The third kappa shape index (κ3) is 8.12. The molecule has 33 heavy (non-hydrogen) atoms. The van der Waals surface area contributed by atoms with Crippen LogP contribution in [0.5, 0.6) is 11.5 Å². The van der Waals surface area contributed by atoms with Gasteiger partial charge in [-0.1, -0.05) is 38.1 Å². The monoisotopic (exact) mass is 477 g/mol. The van der Waals surface area contributed by atoms with E-state index in [4.69, 9.17) is 37.8 Å². The summed E-state index contributed by atoms with van der Waals surface area (Å²) in [6.45, 7) is 6.92. The van der Waals surface area contributed by atoms with E-state index in [-0.39, 0.29) is 30.9 Å². The van der Waals surface area contributed by atoms with E-state index in [0.717, 1.165) is 23.3 Å². The molecule has 0 bridgehead atoms. The predicted molar refractivity (Wildman–Crippen MR) is 132 cm³/mol. The first kappa shape index (κ1) is 26.8. The van der Waals surface area contributed by atoms with Crippen molar-refractivity contribution in [2.45, 2.75) is 38.7 Å². The maximum Gasteiger partial charge on any atom is 0.122 e. The second-order valence-electron chi connectivity index (χ2n) is 8.54. The fourth-order valence-electron chi connectivity index (χ4n) is 3.37. The lowest BCUT2D eigenvalue weighted by Crippen LogP contribution is -2.37. The highest BCUT2D eigenvalue weighted by Crippen LogP contribution is 2.34. The number of aliphatic hydroxyl groups is 2. The van der Waals surface area contributed by atoms with Crippen LogP contribution in [0.25, 0.3) is 0 Å². The Hall–Kier alpha value is -2.45. The highest BCUT2D eigenvalue weighted by molar-refractivity contribution is 6.17. The second-order valence-corrected chi connectivity index (χ2v) is 8.92. The average Bonchev–Trinajstić information content (AvgIpc) is 2.78. The number of alkyl halides is 1. The predicted octanol–water partition coefficient (Wildman–Crippen LogP) is 3.04. The third-order valence-corrected chi connectivity index (χ3v) is 5.65. The minimum Gasteiger partial charge on any atom is -0.493 e. The number of halogens is 1. The van der Waals surface area contributed by atoms with Crippen molar-refractivity contribution in [3.63, 3.8) is 0 Å². The van der Waals surface area contributed by atoms with Crippen molar-refractivity contribution in [3.8, 4) is 11.5 Å². The Morgan fingerprint density at radius 2 is 1.82 bits per heavy atom. The van der Waals surface area contributed by atoms with Crippen molar-refractivity contribution in [1.29, 1.82) is 0 Å². The first-order valence-corrected chi connectivity index (χ1v) is 11.5. The quantitative estimate of drug-likeness (QED) is 0.152. The summed E-state index contributed by atoms with van der Waals surface area (Å²) < 4.78 is 11.5. The van der Waals surface area contributed by atoms with Gasteiger partial charge in [0.05, 0.1) is 25.5 Å². The molecule has 0 radical (unpaired) electrons. The molecule has 8 heteroatoms. The molecule has 7 nitrogen and oxygen atoms in total. The summed E-state index contributed by atoms with van der Waals surface area (Å²) in [6, 6.07) is 14.1. The van der Waals surface area contributed by atoms with Crippen molar-refractivity contribution in [1.82, 2.24) is 5.01 Å². The van der Waals surface area contributed by atoms with Crippen molar-refractivity contribution >= 4 is 11.6 Å². The summed E-state index contributed by atoms with van der Waals surface area (Å²) in [4.78, 5) is 0. The number of rotatable bonds is 13. The number of aliphatic hydroxyl groups excluding tert-OH is 2. The van der Waals surface area contributed by atoms with Crippen LogP contribution in [0.2, 0.25) is 0 Å². The molecule has 0 unspecified atom stereocenters. The Morgan fingerprint density at radius 3 is 2.42 bits per heavy atom. The normalized spacial score (nSPS) is 13.0. The molecule has 0 aliphatic rings. The summed E-state index contributed by atoms with van der Waals surface area (Å²) >= 11 is 5.73. The van der Waals surface area contributed by atoms with Crippen LogP contribution < -0.4 is 21.1 Å². The van der Waals surface area contributed by atoms with Crippen molar-refractivity contribution in [3.05, 3.63) is 71.1 Å². The van der Waals surface area contributed by atoms with Gasteiger partial charge >= 0.3 is 0 Å². The van der Waals surface area contributed by atoms with E-state index in [1.807, 2.05) is 37.3 Å². The molecule has 0 saturated heterocycles. The summed E-state index contributed by atoms with van der Waals surface area (Å²) in [7, 11) is 0. The lowest BCUT2D eigenvalue weighted by atomic mass is 9.77. The van der Waals surface area contributed by atoms with E-state index in [9.17, 15) is 5.11 Å². The summed E-state index contributed by atoms with van der Waals surface area (Å²) in [5.74, 6) is 7.86. The average molecular weight is 478 g/mol. The topological polar surface area (TPSA) is 114 Å². The maximum atomic E-state index is 10.1. The highest BCUT2D eigenvalue weighted by atomic mass is 35.5. The van der Waals surface area contributed by atoms with Gasteiger partial charge in [0.25, 0.3) is 0 Å². The number of nitrogens with zero attached hydrogens (tertiary/aromatic N) is 1. The standard InChI is InChI=1S/C25H36ClN3O4/c1-18-13-20(7-10-24(18)32-12-4-11-26)25(2,3)19-5-8-23(9-6-19)33-17-22(31)15-29(28)14-21(27)16-30/h5-10,13-14,22,30-31H,4,11-12,15-17,27-28H2,1-3H3/b21-14-/t22-/m1/s1. The first-order valence-electron chi connectivity index (χ1n) is 11.0. The first-order chi connectivity index (χ1) is 15.7. The minimum absolute atomic E-state index is 0.0771. The van der Waals surface area contributed by atoms with Crippen LogP contribution in [0.15, 0.2) is 54.4 Å². The number of hydrogen-bond donors (Lipinski definition) is 4. The molecule has 2 aromatic rings. The fourth-order valence-corrected chi connectivity index (χ4v) is 3.48. The van der Waals surface area contributed by atoms with Crippen LogP contribution in [0.4, 0.5) is 0 Å². The molecule has 0 fully saturated rings. The number of ether oxygens (including phenoxy) is 2. The molecule has 1 atom stereocenters. The van der Waals surface area contributed by atoms with E-state index in [1.54, 1.807) is 0 Å². The van der Waals surface area contributed by atoms with Gasteiger partial charge in [0.2, 0.25) is 0 Å². The Bertz CT molecular complexity index is 903. The minimum atomic E-state index is -0.818. The Kier molecular flexibility index (Phi) is 10.3. The lowest BCUT2D eigenvalue weighted by molar-refractivity contribution is 0.0815. The molecule has 0 amide bonds. The highest BCUT2D eigenvalue weighted by Gasteiger charge is 2.24. The maximum absolute atomic E-state index is 10.1. The van der Waals surface area contributed by atoms with Gasteiger partial charge in [-0.2, -0.15) is 0 Å². The van der Waals surface area contributed by atoms with Crippen LogP contribution in [-0.2, 0) is 5.41 Å². The van der Waals surface area contributed by atoms with Crippen LogP contribution in [-0.4, -0.2) is 53.6 Å². The van der Waals surface area contributed by atoms with E-state index in [0.29, 0.717) is 18.2 Å². The molecule has 6 N–H and O–H groups in total. The van der Waals surface area contributed by atoms with E-state index in [1.165, 1.54) is 16.8 Å². The zero-order valence-electron chi connectivity index (χ0n) is 19.6. The second kappa shape index (κ2) is 12.7. The van der Waals surface area contributed by atoms with Gasteiger partial charge in [-0.05, 0) is 48.2 Å². The molecule has 0 spiro atoms. The zero-order chi connectivity index (χ0) is 24.4. The van der Waals surface area contributed by atoms with Crippen molar-refractivity contribution in [2.24, 2.45) is 11.6 Å². The van der Waals surface area contributed by atoms with Crippen molar-refractivity contribution in [2.75, 3.05) is 32.2 Å². The number of nitrogens with two attached hydrogens (primary N) is 2. The van der Waals surface area contributed by atoms with Gasteiger partial charge < -0.3 is 30.4 Å². The smallest absolute Gasteiger partial charge is 0.122 e. The fraction of sp³-hybridized carbons (Fsp3) is 0.440. The summed E-state index contributed by atoms with van der Waals surface area (Å²) in [5, 5.41) is 20.3. The SMILES string of the molecule is Cc1cc(C(C)(C)c2ccc(OC[C@H](O)CN(N)/C=C(\N)CO)cc2)ccc1OCCCCl. The number of hydrogen-bond acceptors (Lipinski definition) is 7. The molecular weight excluding hydrogens is 442 g/mol. The van der Waals surface area contributed by atoms with Gasteiger partial charge in [-0.15, -0.1) is 11.6 Å². The molecule has 2 rings (SSSR count). The summed E-state index contributed by atoms with van der Waals surface area (Å²) in [5.41, 5.74) is 8.94. The van der Waals surface area contributed by atoms with Gasteiger partial charge in [-0.3, -0.25) is 0 Å². The molecular formula is C25H36ClN3O4. The van der Waals surface area contributed by atoms with Crippen LogP contribution in [0.3, 0.4) is 0 Å². The van der Waals surface area contributed by atoms with E-state index >= 15 is 0 Å². The Labute approximate surface area is 201 Å². The Balaban J connectivity index is 1.98. The van der Waals surface area contributed by atoms with Crippen LogP contribution in [0, 0.1) is 6.92 Å². The summed E-state index contributed by atoms with van der Waals surface area (Å²) in [6.07, 6.45) is 1.38. The molecule has 0 aromatic heterocycles. The van der Waals surface area contributed by atoms with E-state index in [2.05, 4.69) is 26.0 Å². The Morgan fingerprint density at radius 1 is 1.15 bits per heavy atom. The molecule has 182 valence electrons. The molecule has 0 aliphatic heterocycles. The largest absolute Gasteiger partial charge is 0.493 e. The third-order valence-electron chi connectivity index (χ3n) is 5.39. The number of aryl methyl sites for hydroxylation is 1. The molecule has 0 aliphatic carbocycles. The van der Waals surface area contributed by atoms with Gasteiger partial charge in [-0.25, -0.2) is 5.84 Å². The lowest BCUT2D eigenvalue weighted by Gasteiger charge is -2.27. The number of hydrazine groups is 1. The van der Waals surface area contributed by atoms with E-state index < -0.39 is 6.10 Å². The van der Waals surface area contributed by atoms with Crippen molar-refractivity contribution < 1.29 is 19.7 Å². The van der Waals surface area contributed by atoms with Gasteiger partial charge in [0, 0.05) is 17.5 Å². The number of benzene rings is 2. The molecule has 0 heterocycles. The van der Waals surface area contributed by atoms with Crippen LogP contribution in [0.1, 0.15) is 37.0 Å². The van der Waals surface area contributed by atoms with Crippen LogP contribution >= 0.6 is 11.6 Å².